The molecule has 5 heavy (non-hydrogen) atoms. The van der Waals surface area contributed by atoms with Crippen LogP contribution in [0.3, 0.4) is 0 Å². The van der Waals surface area contributed by atoms with Gasteiger partial charge in [0.15, 0.2) is 0 Å². The molecule has 0 aromatic rings. The van der Waals surface area contributed by atoms with Gasteiger partial charge in [0, 0.05) is 85.0 Å². The Morgan fingerprint density at radius 3 is 1.20 bits per heavy atom. The summed E-state index contributed by atoms with van der Waals surface area (Å²) in [6, 6.07) is 0. The summed E-state index contributed by atoms with van der Waals surface area (Å²) in [5.74, 6) is 0. The summed E-state index contributed by atoms with van der Waals surface area (Å²) in [5, 5.41) is 0. The van der Waals surface area contributed by atoms with E-state index in [4.69, 9.17) is 0 Å². The fraction of sp³-hybridized carbons (Fsp3) is 0. The van der Waals surface area contributed by atoms with Crippen molar-refractivity contribution in [1.29, 1.82) is 0 Å². The second kappa shape index (κ2) is 22.9. The summed E-state index contributed by atoms with van der Waals surface area (Å²) in [5.41, 5.74) is 0. The van der Waals surface area contributed by atoms with Gasteiger partial charge in [-0.15, -0.1) is 0 Å². The van der Waals surface area contributed by atoms with E-state index in [0.29, 0.717) is 0 Å². The van der Waals surface area contributed by atoms with E-state index in [9.17, 15) is 0 Å². The van der Waals surface area contributed by atoms with Crippen molar-refractivity contribution in [2.45, 2.75) is 0 Å². The quantitative estimate of drug-likeness (QED) is 0.442. The van der Waals surface area contributed by atoms with Crippen molar-refractivity contribution in [2.24, 2.45) is 0 Å². The van der Waals surface area contributed by atoms with E-state index in [-0.39, 0.29) is 163 Å². The van der Waals surface area contributed by atoms with E-state index >= 15 is 0 Å². The standard InChI is InChI=1S/Ba.Ce.Fe.Mg.Zr.4H/q+2;;;+2;;4*-1. The predicted molar refractivity (Wildman–Crippen MR) is 16.0 cm³/mol. The van der Waals surface area contributed by atoms with Crippen LogP contribution in [0.15, 0.2) is 0 Å². The molecule has 0 N–H and O–H groups in total. The molecule has 0 saturated carbocycles. The van der Waals surface area contributed by atoms with Crippen molar-refractivity contribution in [3.05, 3.63) is 0 Å². The van der Waals surface area contributed by atoms with Crippen LogP contribution in [0.2, 0.25) is 0 Å². The van der Waals surface area contributed by atoms with E-state index in [2.05, 4.69) is 0 Å². The van der Waals surface area contributed by atoms with Gasteiger partial charge in [-0.3, -0.25) is 0 Å². The Balaban J connectivity index is 0. The minimum atomic E-state index is 0. The molecule has 0 saturated heterocycles. The maximum Gasteiger partial charge on any atom is 2.00 e. The topological polar surface area (TPSA) is 0 Å². The van der Waals surface area contributed by atoms with E-state index in [1.807, 2.05) is 0 Å². The van der Waals surface area contributed by atoms with Crippen molar-refractivity contribution >= 4 is 71.9 Å². The zero-order valence-electron chi connectivity index (χ0n) is 6.77. The first kappa shape index (κ1) is 32.1. The first-order valence-corrected chi connectivity index (χ1v) is 0. The van der Waals surface area contributed by atoms with Crippen molar-refractivity contribution in [1.82, 2.24) is 0 Å². The molecule has 0 aromatic carbocycles. The maximum absolute atomic E-state index is 0. The van der Waals surface area contributed by atoms with Crippen LogP contribution in [0.25, 0.3) is 0 Å². The molecule has 0 amide bonds. The van der Waals surface area contributed by atoms with Gasteiger partial charge < -0.3 is 5.71 Å². The van der Waals surface area contributed by atoms with Crippen LogP contribution in [0.1, 0.15) is 5.71 Å². The minimum absolute atomic E-state index is 0. The molecule has 0 rings (SSSR count). The third-order valence-corrected chi connectivity index (χ3v) is 0. The fourth-order valence-corrected chi connectivity index (χ4v) is 0. The summed E-state index contributed by atoms with van der Waals surface area (Å²) in [4.78, 5) is 0. The van der Waals surface area contributed by atoms with Crippen LogP contribution < -0.4 is 0 Å². The Morgan fingerprint density at radius 1 is 1.20 bits per heavy atom. The van der Waals surface area contributed by atoms with Gasteiger partial charge in [0.25, 0.3) is 0 Å². The van der Waals surface area contributed by atoms with Gasteiger partial charge >= 0.3 is 71.9 Å². The molecule has 0 fully saturated rings. The van der Waals surface area contributed by atoms with E-state index < -0.39 is 0 Å². The number of rotatable bonds is 0. The summed E-state index contributed by atoms with van der Waals surface area (Å²) < 4.78 is 0. The zero-order valence-corrected chi connectivity index (χ0v) is 15.3. The smallest absolute Gasteiger partial charge is 1.00 e. The average Bonchev–Trinajstić information content (AvgIpc) is 0. The van der Waals surface area contributed by atoms with Crippen LogP contribution in [-0.4, -0.2) is 71.9 Å². The third kappa shape index (κ3) is 17.6. The Morgan fingerprint density at radius 2 is 1.20 bits per heavy atom. The van der Waals surface area contributed by atoms with Gasteiger partial charge in [-0.25, -0.2) is 0 Å². The van der Waals surface area contributed by atoms with Crippen LogP contribution >= 0.6 is 0 Å². The van der Waals surface area contributed by atoms with Crippen molar-refractivity contribution < 1.29 is 90.7 Å². The summed E-state index contributed by atoms with van der Waals surface area (Å²) in [7, 11) is 0. The SMILES string of the molecule is [Ba+2].[Ce].[Fe].[H-].[H-].[H-].[H-].[Mg+2].[Zr]. The maximum atomic E-state index is 0. The molecule has 0 heterocycles. The van der Waals surface area contributed by atoms with Gasteiger partial charge in [0.2, 0.25) is 0 Å². The summed E-state index contributed by atoms with van der Waals surface area (Å²) in [6.45, 7) is 0. The molecule has 0 atom stereocenters. The summed E-state index contributed by atoms with van der Waals surface area (Å²) >= 11 is 0. The molecule has 0 aliphatic carbocycles. The molecule has 0 radical (unpaired) electrons. The molecular formula is H4BaCeFeMgZr. The number of hydrogen-bond donors (Lipinski definition) is 0. The molecular weight excluding hydrogens is 449 g/mol. The molecule has 5 heteroatoms. The second-order valence-corrected chi connectivity index (χ2v) is 0. The average molecular weight is 453 g/mol. The van der Waals surface area contributed by atoms with Crippen LogP contribution in [0, 0.1) is 41.7 Å². The molecule has 0 aromatic heterocycles. The second-order valence-electron chi connectivity index (χ2n) is 0. The van der Waals surface area contributed by atoms with E-state index in [1.54, 1.807) is 0 Å². The van der Waals surface area contributed by atoms with Crippen molar-refractivity contribution in [2.75, 3.05) is 0 Å². The Labute approximate surface area is 158 Å². The van der Waals surface area contributed by atoms with Crippen LogP contribution in [-0.2, 0) is 43.3 Å². The Kier molecular flexibility index (Phi) is 147. The number of hydrogen-bond acceptors (Lipinski definition) is 0. The van der Waals surface area contributed by atoms with Crippen LogP contribution in [0.4, 0.5) is 0 Å². The normalized spacial score (nSPS) is 0. The summed E-state index contributed by atoms with van der Waals surface area (Å²) in [6.07, 6.45) is 0. The monoisotopic (exact) mass is 452 g/mol. The van der Waals surface area contributed by atoms with Gasteiger partial charge in [-0.1, -0.05) is 0 Å². The van der Waals surface area contributed by atoms with Crippen LogP contribution in [0.5, 0.6) is 0 Å². The Bertz CT molecular complexity index is 20.5. The largest absolute Gasteiger partial charge is 2.00 e. The zero-order chi connectivity index (χ0) is 0. The van der Waals surface area contributed by atoms with Gasteiger partial charge in [-0.2, -0.15) is 0 Å². The van der Waals surface area contributed by atoms with Gasteiger partial charge in [0.1, 0.15) is 0 Å². The molecule has 0 bridgehead atoms. The van der Waals surface area contributed by atoms with Gasteiger partial charge in [-0.05, 0) is 0 Å². The molecule has 0 spiro atoms. The van der Waals surface area contributed by atoms with Crippen molar-refractivity contribution in [3.8, 4) is 0 Å². The molecule has 0 aliphatic rings. The minimum Gasteiger partial charge on any atom is -1.00 e. The van der Waals surface area contributed by atoms with Gasteiger partial charge in [0.05, 0.1) is 0 Å². The molecule has 0 nitrogen and oxygen atoms in total. The van der Waals surface area contributed by atoms with E-state index in [0.717, 1.165) is 0 Å². The first-order chi connectivity index (χ1) is 0. The first-order valence-electron chi connectivity index (χ1n) is 0. The van der Waals surface area contributed by atoms with Crippen molar-refractivity contribution in [3.63, 3.8) is 0 Å². The third-order valence-electron chi connectivity index (χ3n) is 0. The van der Waals surface area contributed by atoms with E-state index in [1.165, 1.54) is 0 Å². The fourth-order valence-electron chi connectivity index (χ4n) is 0. The molecule has 0 unspecified atom stereocenters. The molecule has 24 valence electrons. The predicted octanol–water partition coefficient (Wildman–Crippen LogP) is -0.317. The molecule has 0 aliphatic heterocycles. The Hall–Kier alpha value is 5.12.